The van der Waals surface area contributed by atoms with Crippen LogP contribution in [0.5, 0.6) is 0 Å². The van der Waals surface area contributed by atoms with Gasteiger partial charge in [0.25, 0.3) is 0 Å². The van der Waals surface area contributed by atoms with Crippen LogP contribution in [-0.4, -0.2) is 90.2 Å². The van der Waals surface area contributed by atoms with Crippen molar-refractivity contribution in [1.82, 2.24) is 30.9 Å². The molecule has 3 amide bonds. The zero-order valence-electron chi connectivity index (χ0n) is 21.5. The van der Waals surface area contributed by atoms with Gasteiger partial charge in [-0.25, -0.2) is 9.78 Å². The van der Waals surface area contributed by atoms with E-state index < -0.39 is 66.4 Å². The lowest BCUT2D eigenvalue weighted by molar-refractivity contribution is -0.147. The fourth-order valence-electron chi connectivity index (χ4n) is 3.96. The summed E-state index contributed by atoms with van der Waals surface area (Å²) in [5.74, 6) is -5.59. The van der Waals surface area contributed by atoms with Gasteiger partial charge in [-0.15, -0.1) is 0 Å². The number of benzene rings is 1. The molecule has 15 nitrogen and oxygen atoms in total. The molecule has 0 aliphatic rings. The number of nitrogens with two attached hydrogens (primary N) is 1. The summed E-state index contributed by atoms with van der Waals surface area (Å²) in [6.45, 7) is 1.32. The molecule has 2 aromatic heterocycles. The Bertz CT molecular complexity index is 1350. The molecule has 3 aromatic rings. The number of aromatic amines is 2. The van der Waals surface area contributed by atoms with E-state index in [-0.39, 0.29) is 12.8 Å². The highest BCUT2D eigenvalue weighted by Gasteiger charge is 2.32. The average Bonchev–Trinajstić information content (AvgIpc) is 3.56. The lowest BCUT2D eigenvalue weighted by Crippen LogP contribution is -2.59. The van der Waals surface area contributed by atoms with Crippen molar-refractivity contribution >= 4 is 40.6 Å². The Hall–Kier alpha value is -4.76. The maximum absolute atomic E-state index is 13.5. The number of nitrogens with one attached hydrogen (secondary N) is 5. The minimum atomic E-state index is -1.75. The molecule has 5 unspecified atom stereocenters. The molecule has 10 N–H and O–H groups in total. The topological polar surface area (TPSA) is 253 Å². The van der Waals surface area contributed by atoms with Crippen LogP contribution in [0.1, 0.15) is 24.6 Å². The molecule has 0 aliphatic carbocycles. The number of hydrogen-bond donors (Lipinski definition) is 9. The Kier molecular flexibility index (Phi) is 9.94. The summed E-state index contributed by atoms with van der Waals surface area (Å²) in [6.07, 6.45) is 2.13. The largest absolute Gasteiger partial charge is 0.481 e. The molecule has 5 atom stereocenters. The summed E-state index contributed by atoms with van der Waals surface area (Å²) >= 11 is 0. The Labute approximate surface area is 227 Å². The second kappa shape index (κ2) is 13.3. The van der Waals surface area contributed by atoms with Crippen molar-refractivity contribution in [3.05, 3.63) is 54.2 Å². The van der Waals surface area contributed by atoms with E-state index in [9.17, 15) is 34.2 Å². The number of carbonyl (C=O) groups excluding carboxylic acids is 3. The van der Waals surface area contributed by atoms with Crippen molar-refractivity contribution < 1.29 is 39.3 Å². The van der Waals surface area contributed by atoms with Gasteiger partial charge >= 0.3 is 11.9 Å². The second-order valence-electron chi connectivity index (χ2n) is 9.23. The van der Waals surface area contributed by atoms with Gasteiger partial charge in [0.2, 0.25) is 17.7 Å². The summed E-state index contributed by atoms with van der Waals surface area (Å²) in [4.78, 5) is 71.6. The van der Waals surface area contributed by atoms with E-state index in [1.54, 1.807) is 12.3 Å². The molecular weight excluding hydrogens is 526 g/mol. The molecule has 40 heavy (non-hydrogen) atoms. The molecule has 15 heteroatoms. The molecule has 0 spiro atoms. The van der Waals surface area contributed by atoms with Crippen LogP contribution in [0.4, 0.5) is 0 Å². The number of para-hydroxylation sites is 1. The van der Waals surface area contributed by atoms with Crippen LogP contribution in [0.15, 0.2) is 43.0 Å². The maximum Gasteiger partial charge on any atom is 0.326 e. The number of nitrogens with zero attached hydrogens (tertiary/aromatic N) is 1. The zero-order chi connectivity index (χ0) is 29.4. The summed E-state index contributed by atoms with van der Waals surface area (Å²) in [7, 11) is 0. The number of aliphatic hydroxyl groups excluding tert-OH is 1. The molecule has 0 saturated heterocycles. The quantitative estimate of drug-likeness (QED) is 0.110. The van der Waals surface area contributed by atoms with Crippen LogP contribution < -0.4 is 21.7 Å². The van der Waals surface area contributed by atoms with Gasteiger partial charge in [0.1, 0.15) is 24.2 Å². The van der Waals surface area contributed by atoms with Crippen molar-refractivity contribution in [3.63, 3.8) is 0 Å². The number of fused-ring (bicyclic) bond motifs is 1. The van der Waals surface area contributed by atoms with Crippen LogP contribution in [-0.2, 0) is 36.8 Å². The van der Waals surface area contributed by atoms with Gasteiger partial charge in [-0.05, 0) is 18.6 Å². The first kappa shape index (κ1) is 29.8. The van der Waals surface area contributed by atoms with E-state index in [1.165, 1.54) is 19.4 Å². The minimum Gasteiger partial charge on any atom is -0.481 e. The van der Waals surface area contributed by atoms with Gasteiger partial charge < -0.3 is 47.0 Å². The Morgan fingerprint density at radius 2 is 1.55 bits per heavy atom. The third-order valence-electron chi connectivity index (χ3n) is 6.16. The zero-order valence-corrected chi connectivity index (χ0v) is 21.5. The lowest BCUT2D eigenvalue weighted by Gasteiger charge is -2.25. The normalized spacial score (nSPS) is 14.9. The van der Waals surface area contributed by atoms with E-state index in [0.717, 1.165) is 10.9 Å². The SMILES string of the molecule is CC(O)C(N)C(=O)NC(Cc1c[nH]c2ccccc12)C(=O)NC(Cc1cnc[nH]1)C(=O)NC(CC(=O)O)C(=O)O. The number of H-pyrrole nitrogens is 2. The first-order valence-corrected chi connectivity index (χ1v) is 12.3. The number of aromatic nitrogens is 3. The average molecular weight is 558 g/mol. The van der Waals surface area contributed by atoms with E-state index in [0.29, 0.717) is 11.3 Å². The van der Waals surface area contributed by atoms with E-state index >= 15 is 0 Å². The summed E-state index contributed by atoms with van der Waals surface area (Å²) < 4.78 is 0. The fourth-order valence-corrected chi connectivity index (χ4v) is 3.96. The number of amides is 3. The molecule has 0 radical (unpaired) electrons. The number of aliphatic hydroxyl groups is 1. The second-order valence-corrected chi connectivity index (χ2v) is 9.23. The number of hydrogen-bond acceptors (Lipinski definition) is 8. The van der Waals surface area contributed by atoms with Crippen molar-refractivity contribution in [2.75, 3.05) is 0 Å². The number of carboxylic acid groups (broad SMARTS) is 2. The molecule has 0 fully saturated rings. The molecule has 3 rings (SSSR count). The number of imidazole rings is 1. The Morgan fingerprint density at radius 3 is 2.15 bits per heavy atom. The lowest BCUT2D eigenvalue weighted by atomic mass is 10.0. The Balaban J connectivity index is 1.88. The molecule has 0 aliphatic heterocycles. The molecule has 214 valence electrons. The van der Waals surface area contributed by atoms with Crippen molar-refractivity contribution in [1.29, 1.82) is 0 Å². The Morgan fingerprint density at radius 1 is 0.925 bits per heavy atom. The first-order chi connectivity index (χ1) is 19.0. The number of aliphatic carboxylic acids is 2. The van der Waals surface area contributed by atoms with E-state index in [2.05, 4.69) is 30.9 Å². The standard InChI is InChI=1S/C25H31N7O8/c1-12(33)21(26)24(38)31-17(6-13-9-28-16-5-3-2-4-15(13)16)22(36)30-18(7-14-10-27-11-29-14)23(37)32-19(25(39)40)8-20(34)35/h2-5,9-12,17-19,21,28,33H,6-8,26H2,1H3,(H,27,29)(H,30,36)(H,31,38)(H,32,37)(H,34,35)(H,39,40). The molecule has 1 aromatic carbocycles. The van der Waals surface area contributed by atoms with Crippen LogP contribution in [0, 0.1) is 0 Å². The predicted molar refractivity (Wildman–Crippen MR) is 140 cm³/mol. The van der Waals surface area contributed by atoms with Crippen LogP contribution in [0.3, 0.4) is 0 Å². The third kappa shape index (κ3) is 7.87. The molecule has 0 bridgehead atoms. The first-order valence-electron chi connectivity index (χ1n) is 12.3. The smallest absolute Gasteiger partial charge is 0.326 e. The maximum atomic E-state index is 13.5. The van der Waals surface area contributed by atoms with E-state index in [1.807, 2.05) is 18.2 Å². The van der Waals surface area contributed by atoms with Gasteiger partial charge in [-0.3, -0.25) is 19.2 Å². The monoisotopic (exact) mass is 557 g/mol. The highest BCUT2D eigenvalue weighted by molar-refractivity contribution is 5.95. The number of carboxylic acids is 2. The van der Waals surface area contributed by atoms with Gasteiger partial charge in [0.15, 0.2) is 0 Å². The van der Waals surface area contributed by atoms with Gasteiger partial charge in [-0.1, -0.05) is 18.2 Å². The highest BCUT2D eigenvalue weighted by atomic mass is 16.4. The van der Waals surface area contributed by atoms with Gasteiger partial charge in [-0.2, -0.15) is 0 Å². The summed E-state index contributed by atoms with van der Waals surface area (Å²) in [5.41, 5.74) is 7.63. The molecular formula is C25H31N7O8. The van der Waals surface area contributed by atoms with Crippen molar-refractivity contribution in [2.24, 2.45) is 5.73 Å². The molecule has 2 heterocycles. The van der Waals surface area contributed by atoms with Gasteiger partial charge in [0, 0.05) is 41.8 Å². The minimum absolute atomic E-state index is 0.0245. The highest BCUT2D eigenvalue weighted by Crippen LogP contribution is 2.19. The number of carbonyl (C=O) groups is 5. The fraction of sp³-hybridized carbons (Fsp3) is 0.360. The summed E-state index contributed by atoms with van der Waals surface area (Å²) in [5, 5.41) is 36.1. The van der Waals surface area contributed by atoms with Crippen LogP contribution in [0.25, 0.3) is 10.9 Å². The predicted octanol–water partition coefficient (Wildman–Crippen LogP) is -1.60. The summed E-state index contributed by atoms with van der Waals surface area (Å²) in [6, 6.07) is 1.55. The number of rotatable bonds is 14. The van der Waals surface area contributed by atoms with E-state index in [4.69, 9.17) is 10.8 Å². The van der Waals surface area contributed by atoms with Gasteiger partial charge in [0.05, 0.1) is 18.9 Å². The third-order valence-corrected chi connectivity index (χ3v) is 6.16. The van der Waals surface area contributed by atoms with Crippen molar-refractivity contribution in [2.45, 2.75) is 56.5 Å². The molecule has 0 saturated carbocycles. The van der Waals surface area contributed by atoms with Crippen LogP contribution >= 0.6 is 0 Å². The van der Waals surface area contributed by atoms with Crippen LogP contribution in [0.2, 0.25) is 0 Å². The van der Waals surface area contributed by atoms with Crippen molar-refractivity contribution in [3.8, 4) is 0 Å².